The summed E-state index contributed by atoms with van der Waals surface area (Å²) in [6.07, 6.45) is 6.21. The molecule has 0 saturated carbocycles. The molecule has 0 N–H and O–H groups in total. The van der Waals surface area contributed by atoms with E-state index in [0.29, 0.717) is 17.0 Å². The number of aryl methyl sites for hydroxylation is 1. The molecular weight excluding hydrogens is 436 g/mol. The van der Waals surface area contributed by atoms with Gasteiger partial charge in [0.1, 0.15) is 0 Å². The number of benzene rings is 2. The highest BCUT2D eigenvalue weighted by atomic mass is 32.2. The quantitative estimate of drug-likeness (QED) is 0.191. The zero-order chi connectivity index (χ0) is 23.2. The van der Waals surface area contributed by atoms with Crippen LogP contribution in [-0.2, 0) is 5.75 Å². The summed E-state index contributed by atoms with van der Waals surface area (Å²) in [6, 6.07) is 15.6. The summed E-state index contributed by atoms with van der Waals surface area (Å²) in [6.45, 7) is 4.99. The summed E-state index contributed by atoms with van der Waals surface area (Å²) >= 11 is 1.56. The van der Waals surface area contributed by atoms with Crippen LogP contribution in [0.3, 0.4) is 0 Å². The number of thioether (sulfide) groups is 1. The zero-order valence-corrected chi connectivity index (χ0v) is 19.7. The minimum Gasteiger partial charge on any atom is -0.368 e. The van der Waals surface area contributed by atoms with Crippen LogP contribution in [0.4, 0.5) is 11.4 Å². The first kappa shape index (κ1) is 23.0. The lowest BCUT2D eigenvalue weighted by Gasteiger charge is -2.38. The molecule has 0 radical (unpaired) electrons. The second-order valence-corrected chi connectivity index (χ2v) is 9.05. The Labute approximate surface area is 197 Å². The van der Waals surface area contributed by atoms with E-state index in [0.717, 1.165) is 42.8 Å². The van der Waals surface area contributed by atoms with Gasteiger partial charge in [-0.25, -0.2) is 0 Å². The van der Waals surface area contributed by atoms with Crippen molar-refractivity contribution in [2.45, 2.75) is 56.5 Å². The number of hydrogen-bond acceptors (Lipinski definition) is 7. The van der Waals surface area contributed by atoms with E-state index >= 15 is 0 Å². The number of anilines is 1. The van der Waals surface area contributed by atoms with Crippen LogP contribution >= 0.6 is 11.8 Å². The van der Waals surface area contributed by atoms with Gasteiger partial charge in [-0.1, -0.05) is 49.0 Å². The lowest BCUT2D eigenvalue weighted by molar-refractivity contribution is -0.384. The molecule has 1 aliphatic heterocycles. The normalized spacial score (nSPS) is 16.4. The summed E-state index contributed by atoms with van der Waals surface area (Å²) in [5.41, 5.74) is 2.97. The van der Waals surface area contributed by atoms with Gasteiger partial charge in [-0.15, -0.1) is 10.2 Å². The summed E-state index contributed by atoms with van der Waals surface area (Å²) in [5.74, 6) is 1.42. The molecule has 1 atom stereocenters. The summed E-state index contributed by atoms with van der Waals surface area (Å²) < 4.78 is 1.70. The minimum atomic E-state index is -0.361. The number of rotatable bonds is 8. The van der Waals surface area contributed by atoms with Gasteiger partial charge in [0, 0.05) is 41.7 Å². The fourth-order valence-electron chi connectivity index (χ4n) is 4.17. The third-order valence-corrected chi connectivity index (χ3v) is 6.91. The van der Waals surface area contributed by atoms with Crippen LogP contribution in [0.5, 0.6) is 0 Å². The first-order valence-corrected chi connectivity index (χ1v) is 12.2. The molecule has 2 heterocycles. The molecule has 8 nitrogen and oxygen atoms in total. The Kier molecular flexibility index (Phi) is 7.39. The minimum absolute atomic E-state index is 0.0596. The molecule has 1 fully saturated rings. The molecular formula is C24H28N6O2S. The number of piperidine rings is 1. The summed E-state index contributed by atoms with van der Waals surface area (Å²) in [4.78, 5) is 13.5. The van der Waals surface area contributed by atoms with E-state index in [1.807, 2.05) is 31.2 Å². The topological polar surface area (TPSA) is 89.5 Å². The molecule has 1 unspecified atom stereocenters. The fourth-order valence-corrected chi connectivity index (χ4v) is 5.05. The van der Waals surface area contributed by atoms with Crippen LogP contribution in [0, 0.1) is 17.0 Å². The monoisotopic (exact) mass is 464 g/mol. The molecule has 1 aromatic heterocycles. The Bertz CT molecular complexity index is 1130. The van der Waals surface area contributed by atoms with Crippen LogP contribution in [0.2, 0.25) is 0 Å². The molecule has 2 aromatic carbocycles. The molecule has 3 aromatic rings. The highest BCUT2D eigenvalue weighted by Crippen LogP contribution is 2.31. The van der Waals surface area contributed by atoms with Crippen LogP contribution in [0.1, 0.15) is 49.6 Å². The van der Waals surface area contributed by atoms with E-state index in [1.165, 1.54) is 12.0 Å². The number of nitro groups is 1. The van der Waals surface area contributed by atoms with Gasteiger partial charge in [0.2, 0.25) is 5.16 Å². The van der Waals surface area contributed by atoms with Crippen LogP contribution in [0.15, 0.2) is 58.8 Å². The number of aromatic nitrogens is 3. The maximum absolute atomic E-state index is 11.4. The maximum Gasteiger partial charge on any atom is 0.270 e. The first-order valence-electron chi connectivity index (χ1n) is 11.2. The first-order chi connectivity index (χ1) is 16.1. The van der Waals surface area contributed by atoms with E-state index in [9.17, 15) is 10.1 Å². The SMILES string of the molecule is CCC1CCCCN1c1ccc([N+](=O)[O-])cc1C=Nn1c(C)nnc1SCc1ccccc1. The highest BCUT2D eigenvalue weighted by molar-refractivity contribution is 7.98. The Morgan fingerprint density at radius 1 is 1.21 bits per heavy atom. The highest BCUT2D eigenvalue weighted by Gasteiger charge is 2.24. The van der Waals surface area contributed by atoms with Crippen molar-refractivity contribution < 1.29 is 4.92 Å². The van der Waals surface area contributed by atoms with Crippen molar-refractivity contribution in [3.8, 4) is 0 Å². The van der Waals surface area contributed by atoms with Crippen molar-refractivity contribution in [3.63, 3.8) is 0 Å². The van der Waals surface area contributed by atoms with Crippen molar-refractivity contribution in [2.24, 2.45) is 5.10 Å². The van der Waals surface area contributed by atoms with Gasteiger partial charge >= 0.3 is 0 Å². The number of nitro benzene ring substituents is 1. The molecule has 0 bridgehead atoms. The molecule has 0 aliphatic carbocycles. The van der Waals surface area contributed by atoms with E-state index < -0.39 is 0 Å². The Morgan fingerprint density at radius 3 is 2.79 bits per heavy atom. The lowest BCUT2D eigenvalue weighted by Crippen LogP contribution is -2.39. The fraction of sp³-hybridized carbons (Fsp3) is 0.375. The number of nitrogens with zero attached hydrogens (tertiary/aromatic N) is 6. The van der Waals surface area contributed by atoms with Crippen LogP contribution in [-0.4, -0.2) is 38.6 Å². The molecule has 9 heteroatoms. The number of non-ortho nitro benzene ring substituents is 1. The third-order valence-electron chi connectivity index (χ3n) is 5.92. The average Bonchev–Trinajstić information content (AvgIpc) is 3.20. The second-order valence-electron chi connectivity index (χ2n) is 8.11. The Balaban J connectivity index is 1.64. The van der Waals surface area contributed by atoms with Crippen LogP contribution in [0.25, 0.3) is 0 Å². The van der Waals surface area contributed by atoms with Gasteiger partial charge in [-0.2, -0.15) is 9.78 Å². The van der Waals surface area contributed by atoms with Gasteiger partial charge in [-0.05, 0) is 44.2 Å². The lowest BCUT2D eigenvalue weighted by atomic mass is 9.98. The molecule has 33 heavy (non-hydrogen) atoms. The van der Waals surface area contributed by atoms with E-state index in [1.54, 1.807) is 34.8 Å². The number of hydrogen-bond donors (Lipinski definition) is 0. The molecule has 1 saturated heterocycles. The molecule has 0 amide bonds. The molecule has 4 rings (SSSR count). The summed E-state index contributed by atoms with van der Waals surface area (Å²) in [7, 11) is 0. The predicted octanol–water partition coefficient (Wildman–Crippen LogP) is 5.44. The maximum atomic E-state index is 11.4. The van der Waals surface area contributed by atoms with Crippen molar-refractivity contribution in [3.05, 3.63) is 75.6 Å². The molecule has 172 valence electrons. The predicted molar refractivity (Wildman–Crippen MR) is 132 cm³/mol. The van der Waals surface area contributed by atoms with Crippen LogP contribution < -0.4 is 4.90 Å². The van der Waals surface area contributed by atoms with Crippen molar-refractivity contribution in [1.29, 1.82) is 0 Å². The molecule has 0 spiro atoms. The largest absolute Gasteiger partial charge is 0.368 e. The zero-order valence-electron chi connectivity index (χ0n) is 18.9. The third kappa shape index (κ3) is 5.42. The smallest absolute Gasteiger partial charge is 0.270 e. The van der Waals surface area contributed by atoms with Gasteiger partial charge in [-0.3, -0.25) is 10.1 Å². The standard InChI is InChI=1S/C24H28N6O2S/c1-3-21-11-7-8-14-28(21)23-13-12-22(30(31)32)15-20(23)16-25-29-18(2)26-27-24(29)33-17-19-9-5-4-6-10-19/h4-6,9-10,12-13,15-16,21H,3,7-8,11,14,17H2,1-2H3. The summed E-state index contributed by atoms with van der Waals surface area (Å²) in [5, 5.41) is 25.2. The molecule has 1 aliphatic rings. The van der Waals surface area contributed by atoms with Gasteiger partial charge in [0.15, 0.2) is 5.82 Å². The van der Waals surface area contributed by atoms with Crippen molar-refractivity contribution in [1.82, 2.24) is 14.9 Å². The average molecular weight is 465 g/mol. The Morgan fingerprint density at radius 2 is 2.03 bits per heavy atom. The van der Waals surface area contributed by atoms with Gasteiger partial charge in [0.25, 0.3) is 5.69 Å². The van der Waals surface area contributed by atoms with Gasteiger partial charge < -0.3 is 4.90 Å². The van der Waals surface area contributed by atoms with E-state index in [2.05, 4.69) is 39.3 Å². The van der Waals surface area contributed by atoms with E-state index in [-0.39, 0.29) is 10.6 Å². The van der Waals surface area contributed by atoms with Crippen molar-refractivity contribution in [2.75, 3.05) is 11.4 Å². The second kappa shape index (κ2) is 10.6. The van der Waals surface area contributed by atoms with Gasteiger partial charge in [0.05, 0.1) is 11.1 Å². The Hall–Kier alpha value is -3.20. The van der Waals surface area contributed by atoms with E-state index in [4.69, 9.17) is 0 Å². The van der Waals surface area contributed by atoms with Crippen molar-refractivity contribution >= 4 is 29.4 Å².